The maximum atomic E-state index is 12.0. The number of carbonyl (C=O) groups excluding carboxylic acids is 1. The highest BCUT2D eigenvalue weighted by Gasteiger charge is 2.08. The zero-order valence-corrected chi connectivity index (χ0v) is 15.2. The van der Waals surface area contributed by atoms with E-state index in [0.29, 0.717) is 17.3 Å². The molecular weight excluding hydrogens is 356 g/mol. The summed E-state index contributed by atoms with van der Waals surface area (Å²) in [4.78, 5) is 16.5. The van der Waals surface area contributed by atoms with E-state index in [1.54, 1.807) is 29.5 Å². The minimum absolute atomic E-state index is 0.0435. The third kappa shape index (κ3) is 4.81. The molecule has 0 unspecified atom stereocenters. The van der Waals surface area contributed by atoms with E-state index in [2.05, 4.69) is 10.3 Å². The van der Waals surface area contributed by atoms with Crippen LogP contribution in [-0.2, 0) is 11.3 Å². The molecule has 2 aromatic carbocycles. The smallest absolute Gasteiger partial charge is 0.258 e. The summed E-state index contributed by atoms with van der Waals surface area (Å²) in [6, 6.07) is 15.3. The average Bonchev–Trinajstić information content (AvgIpc) is 3.09. The van der Waals surface area contributed by atoms with Gasteiger partial charge in [0.05, 0.1) is 12.2 Å². The maximum absolute atomic E-state index is 12.0. The number of carbonyl (C=O) groups is 1. The van der Waals surface area contributed by atoms with Gasteiger partial charge in [0.25, 0.3) is 5.91 Å². The van der Waals surface area contributed by atoms with Gasteiger partial charge in [0.1, 0.15) is 10.8 Å². The molecule has 0 radical (unpaired) electrons. The third-order valence-corrected chi connectivity index (χ3v) is 4.71. The van der Waals surface area contributed by atoms with Gasteiger partial charge >= 0.3 is 0 Å². The second kappa shape index (κ2) is 8.14. The lowest BCUT2D eigenvalue weighted by molar-refractivity contribution is -0.123. The van der Waals surface area contributed by atoms with Crippen molar-refractivity contribution in [2.75, 3.05) is 6.61 Å². The van der Waals surface area contributed by atoms with Gasteiger partial charge in [0.15, 0.2) is 6.61 Å². The molecule has 1 N–H and O–H groups in total. The Morgan fingerprint density at radius 3 is 2.80 bits per heavy atom. The summed E-state index contributed by atoms with van der Waals surface area (Å²) in [5.41, 5.74) is 2.80. The van der Waals surface area contributed by atoms with E-state index in [9.17, 15) is 4.79 Å². The third-order valence-electron chi connectivity index (χ3n) is 3.53. The molecule has 128 valence electrons. The Morgan fingerprint density at radius 2 is 2.04 bits per heavy atom. The maximum Gasteiger partial charge on any atom is 0.258 e. The number of aromatic nitrogens is 1. The number of nitrogens with zero attached hydrogens (tertiary/aromatic N) is 1. The van der Waals surface area contributed by atoms with E-state index < -0.39 is 0 Å². The molecule has 3 aromatic rings. The Hall–Kier alpha value is -2.37. The molecule has 3 rings (SSSR count). The summed E-state index contributed by atoms with van der Waals surface area (Å²) >= 11 is 7.46. The highest BCUT2D eigenvalue weighted by Crippen LogP contribution is 2.23. The monoisotopic (exact) mass is 372 g/mol. The van der Waals surface area contributed by atoms with Crippen LogP contribution in [0.15, 0.2) is 53.9 Å². The van der Waals surface area contributed by atoms with Crippen molar-refractivity contribution in [1.29, 1.82) is 0 Å². The predicted octanol–water partition coefficient (Wildman–Crippen LogP) is 4.47. The highest BCUT2D eigenvalue weighted by molar-refractivity contribution is 7.13. The number of hydrogen-bond donors (Lipinski definition) is 1. The van der Waals surface area contributed by atoms with E-state index in [-0.39, 0.29) is 12.5 Å². The van der Waals surface area contributed by atoms with Crippen LogP contribution in [0.5, 0.6) is 5.75 Å². The number of thiazole rings is 1. The number of halogens is 1. The molecule has 0 saturated heterocycles. The average molecular weight is 373 g/mol. The lowest BCUT2D eigenvalue weighted by atomic mass is 10.2. The SMILES string of the molecule is Cc1cc(Cl)ccc1OCC(=O)NCc1csc(-c2ccccc2)n1. The van der Waals surface area contributed by atoms with Crippen LogP contribution in [0.1, 0.15) is 11.3 Å². The van der Waals surface area contributed by atoms with Crippen LogP contribution in [0.25, 0.3) is 10.6 Å². The number of benzene rings is 2. The summed E-state index contributed by atoms with van der Waals surface area (Å²) in [5, 5.41) is 6.36. The van der Waals surface area contributed by atoms with Crippen molar-refractivity contribution in [1.82, 2.24) is 10.3 Å². The van der Waals surface area contributed by atoms with Crippen molar-refractivity contribution in [2.45, 2.75) is 13.5 Å². The first-order valence-electron chi connectivity index (χ1n) is 7.77. The zero-order valence-electron chi connectivity index (χ0n) is 13.7. The van der Waals surface area contributed by atoms with Crippen LogP contribution in [0.3, 0.4) is 0 Å². The molecule has 0 spiro atoms. The summed E-state index contributed by atoms with van der Waals surface area (Å²) in [6.45, 7) is 2.22. The van der Waals surface area contributed by atoms with Gasteiger partial charge in [-0.05, 0) is 30.7 Å². The summed E-state index contributed by atoms with van der Waals surface area (Å²) in [7, 11) is 0. The minimum Gasteiger partial charge on any atom is -0.484 e. The second-order valence-corrected chi connectivity index (χ2v) is 6.78. The summed E-state index contributed by atoms with van der Waals surface area (Å²) in [6.07, 6.45) is 0. The Kier molecular flexibility index (Phi) is 5.68. The molecule has 0 fully saturated rings. The van der Waals surface area contributed by atoms with Crippen molar-refractivity contribution in [3.05, 3.63) is 70.2 Å². The Labute approximate surface area is 155 Å². The summed E-state index contributed by atoms with van der Waals surface area (Å²) in [5.74, 6) is 0.461. The quantitative estimate of drug-likeness (QED) is 0.694. The van der Waals surface area contributed by atoms with Crippen molar-refractivity contribution < 1.29 is 9.53 Å². The van der Waals surface area contributed by atoms with Crippen molar-refractivity contribution in [3.63, 3.8) is 0 Å². The first-order valence-corrected chi connectivity index (χ1v) is 9.03. The normalized spacial score (nSPS) is 10.5. The zero-order chi connectivity index (χ0) is 17.6. The molecule has 0 aliphatic carbocycles. The first-order chi connectivity index (χ1) is 12.1. The van der Waals surface area contributed by atoms with Crippen molar-refractivity contribution >= 4 is 28.8 Å². The van der Waals surface area contributed by atoms with E-state index in [0.717, 1.165) is 21.8 Å². The molecule has 25 heavy (non-hydrogen) atoms. The molecule has 4 nitrogen and oxygen atoms in total. The van der Waals surface area contributed by atoms with Crippen molar-refractivity contribution in [2.24, 2.45) is 0 Å². The van der Waals surface area contributed by atoms with Gasteiger partial charge in [-0.15, -0.1) is 11.3 Å². The number of nitrogens with one attached hydrogen (secondary N) is 1. The first kappa shape index (κ1) is 17.5. The molecular formula is C19H17ClN2O2S. The van der Waals surface area contributed by atoms with Crippen LogP contribution in [0.2, 0.25) is 5.02 Å². The number of aryl methyl sites for hydroxylation is 1. The molecule has 0 saturated carbocycles. The van der Waals surface area contributed by atoms with E-state index >= 15 is 0 Å². The highest BCUT2D eigenvalue weighted by atomic mass is 35.5. The predicted molar refractivity (Wildman–Crippen MR) is 101 cm³/mol. The Balaban J connectivity index is 1.50. The molecule has 1 amide bonds. The van der Waals surface area contributed by atoms with Crippen LogP contribution in [-0.4, -0.2) is 17.5 Å². The molecule has 0 bridgehead atoms. The van der Waals surface area contributed by atoms with Crippen LogP contribution in [0.4, 0.5) is 0 Å². The standard InChI is InChI=1S/C19H17ClN2O2S/c1-13-9-15(20)7-8-17(13)24-11-18(23)21-10-16-12-25-19(22-16)14-5-3-2-4-6-14/h2-9,12H,10-11H2,1H3,(H,21,23). The van der Waals surface area contributed by atoms with Gasteiger partial charge in [0, 0.05) is 16.0 Å². The second-order valence-electron chi connectivity index (χ2n) is 5.49. The van der Waals surface area contributed by atoms with Gasteiger partial charge in [0.2, 0.25) is 0 Å². The summed E-state index contributed by atoms with van der Waals surface area (Å²) < 4.78 is 5.53. The van der Waals surface area contributed by atoms with Crippen LogP contribution < -0.4 is 10.1 Å². The largest absolute Gasteiger partial charge is 0.484 e. The lowest BCUT2D eigenvalue weighted by Crippen LogP contribution is -2.28. The number of amides is 1. The molecule has 6 heteroatoms. The molecule has 0 aliphatic rings. The Morgan fingerprint density at radius 1 is 1.24 bits per heavy atom. The van der Waals surface area contributed by atoms with Gasteiger partial charge < -0.3 is 10.1 Å². The minimum atomic E-state index is -0.191. The van der Waals surface area contributed by atoms with Gasteiger partial charge in [-0.1, -0.05) is 41.9 Å². The van der Waals surface area contributed by atoms with Gasteiger partial charge in [-0.2, -0.15) is 0 Å². The van der Waals surface area contributed by atoms with E-state index in [1.807, 2.05) is 42.6 Å². The lowest BCUT2D eigenvalue weighted by Gasteiger charge is -2.09. The number of hydrogen-bond acceptors (Lipinski definition) is 4. The van der Waals surface area contributed by atoms with E-state index in [4.69, 9.17) is 16.3 Å². The van der Waals surface area contributed by atoms with Gasteiger partial charge in [-0.25, -0.2) is 4.98 Å². The van der Waals surface area contributed by atoms with E-state index in [1.165, 1.54) is 0 Å². The van der Waals surface area contributed by atoms with Crippen LogP contribution >= 0.6 is 22.9 Å². The van der Waals surface area contributed by atoms with Crippen LogP contribution in [0, 0.1) is 6.92 Å². The van der Waals surface area contributed by atoms with Crippen molar-refractivity contribution in [3.8, 4) is 16.3 Å². The fraction of sp³-hybridized carbons (Fsp3) is 0.158. The number of ether oxygens (including phenoxy) is 1. The fourth-order valence-electron chi connectivity index (χ4n) is 2.26. The Bertz CT molecular complexity index is 865. The topological polar surface area (TPSA) is 51.2 Å². The van der Waals surface area contributed by atoms with Gasteiger partial charge in [-0.3, -0.25) is 4.79 Å². The molecule has 0 aliphatic heterocycles. The molecule has 1 heterocycles. The number of rotatable bonds is 6. The molecule has 1 aromatic heterocycles. The molecule has 0 atom stereocenters. The fourth-order valence-corrected chi connectivity index (χ4v) is 3.31.